The first-order valence-electron chi connectivity index (χ1n) is 8.91. The summed E-state index contributed by atoms with van der Waals surface area (Å²) in [5.41, 5.74) is 7.10. The number of nitrogens with one attached hydrogen (secondary N) is 1. The van der Waals surface area contributed by atoms with Crippen LogP contribution in [-0.4, -0.2) is 17.5 Å². The Morgan fingerprint density at radius 3 is 2.80 bits per heavy atom. The van der Waals surface area contributed by atoms with Gasteiger partial charge >= 0.3 is 0 Å². The van der Waals surface area contributed by atoms with Crippen LogP contribution in [0.15, 0.2) is 42.6 Å². The van der Waals surface area contributed by atoms with Crippen LogP contribution in [0.3, 0.4) is 0 Å². The first-order valence-corrected chi connectivity index (χ1v) is 8.91. The van der Waals surface area contributed by atoms with Gasteiger partial charge in [-0.3, -0.25) is 4.79 Å². The molecule has 0 bridgehead atoms. The van der Waals surface area contributed by atoms with Crippen LogP contribution >= 0.6 is 0 Å². The largest absolute Gasteiger partial charge is 0.494 e. The van der Waals surface area contributed by atoms with Crippen LogP contribution in [0.5, 0.6) is 5.75 Å². The zero-order chi connectivity index (χ0) is 17.9. The number of hydrogen-bond donors (Lipinski definition) is 2. The molecule has 0 saturated heterocycles. The second-order valence-electron chi connectivity index (χ2n) is 6.03. The highest BCUT2D eigenvalue weighted by molar-refractivity contribution is 5.98. The number of ether oxygens (including phenoxy) is 1. The van der Waals surface area contributed by atoms with Gasteiger partial charge in [-0.15, -0.1) is 0 Å². The molecule has 0 fully saturated rings. The Hall–Kier alpha value is -2.56. The maximum Gasteiger partial charge on any atom is 0.255 e. The number of hydrogen-bond acceptors (Lipinski definition) is 4. The van der Waals surface area contributed by atoms with Crippen molar-refractivity contribution in [2.24, 2.45) is 0 Å². The number of pyridine rings is 1. The molecule has 0 unspecified atom stereocenters. The van der Waals surface area contributed by atoms with Crippen molar-refractivity contribution in [1.82, 2.24) is 10.3 Å². The highest BCUT2D eigenvalue weighted by Gasteiger charge is 2.09. The van der Waals surface area contributed by atoms with Gasteiger partial charge in [-0.25, -0.2) is 4.98 Å². The Labute approximate surface area is 149 Å². The predicted octanol–water partition coefficient (Wildman–Crippen LogP) is 3.94. The summed E-state index contributed by atoms with van der Waals surface area (Å²) in [4.78, 5) is 16.1. The Balaban J connectivity index is 1.79. The van der Waals surface area contributed by atoms with E-state index in [0.29, 0.717) is 12.1 Å². The van der Waals surface area contributed by atoms with Gasteiger partial charge in [0.2, 0.25) is 0 Å². The summed E-state index contributed by atoms with van der Waals surface area (Å²) in [5, 5.41) is 2.86. The molecule has 5 nitrogen and oxygen atoms in total. The fourth-order valence-electron chi connectivity index (χ4n) is 2.53. The first kappa shape index (κ1) is 18.8. The van der Waals surface area contributed by atoms with E-state index in [1.807, 2.05) is 24.3 Å². The van der Waals surface area contributed by atoms with E-state index in [-0.39, 0.29) is 11.7 Å². The second kappa shape index (κ2) is 10.3. The van der Waals surface area contributed by atoms with Crippen LogP contribution in [0.4, 0.5) is 5.82 Å². The van der Waals surface area contributed by atoms with Crippen molar-refractivity contribution in [1.29, 1.82) is 0 Å². The summed E-state index contributed by atoms with van der Waals surface area (Å²) in [5.74, 6) is 0.844. The molecule has 2 rings (SSSR count). The summed E-state index contributed by atoms with van der Waals surface area (Å²) >= 11 is 0. The number of nitrogen functional groups attached to an aromatic ring is 1. The number of anilines is 1. The normalized spacial score (nSPS) is 10.4. The number of amides is 1. The van der Waals surface area contributed by atoms with Crippen LogP contribution in [0.25, 0.3) is 0 Å². The van der Waals surface area contributed by atoms with Crippen LogP contribution in [0.2, 0.25) is 0 Å². The molecular weight excluding hydrogens is 314 g/mol. The van der Waals surface area contributed by atoms with Crippen molar-refractivity contribution >= 4 is 11.7 Å². The quantitative estimate of drug-likeness (QED) is 0.642. The number of nitrogens with zero attached hydrogens (tertiary/aromatic N) is 1. The summed E-state index contributed by atoms with van der Waals surface area (Å²) in [7, 11) is 0. The number of carbonyl (C=O) groups excluding carboxylic acids is 1. The Morgan fingerprint density at radius 1 is 1.16 bits per heavy atom. The monoisotopic (exact) mass is 341 g/mol. The second-order valence-corrected chi connectivity index (χ2v) is 6.03. The Kier molecular flexibility index (Phi) is 7.76. The topological polar surface area (TPSA) is 77.2 Å². The van der Waals surface area contributed by atoms with Gasteiger partial charge in [-0.2, -0.15) is 0 Å². The minimum Gasteiger partial charge on any atom is -0.494 e. The fraction of sp³-hybridized carbons (Fsp3) is 0.400. The summed E-state index contributed by atoms with van der Waals surface area (Å²) in [6.07, 6.45) is 7.64. The third-order valence-electron chi connectivity index (χ3n) is 3.95. The highest BCUT2D eigenvalue weighted by Crippen LogP contribution is 2.15. The average Bonchev–Trinajstić information content (AvgIpc) is 2.63. The van der Waals surface area contributed by atoms with E-state index in [0.717, 1.165) is 24.3 Å². The number of rotatable bonds is 10. The molecule has 0 aliphatic carbocycles. The average molecular weight is 341 g/mol. The van der Waals surface area contributed by atoms with Gasteiger partial charge in [0, 0.05) is 12.7 Å². The minimum absolute atomic E-state index is 0.229. The number of nitrogens with two attached hydrogens (primary N) is 1. The molecule has 2 aromatic rings. The molecule has 0 aliphatic heterocycles. The van der Waals surface area contributed by atoms with E-state index in [2.05, 4.69) is 17.2 Å². The van der Waals surface area contributed by atoms with E-state index in [1.54, 1.807) is 18.3 Å². The van der Waals surface area contributed by atoms with Crippen molar-refractivity contribution in [2.45, 2.75) is 45.6 Å². The van der Waals surface area contributed by atoms with E-state index in [4.69, 9.17) is 10.5 Å². The summed E-state index contributed by atoms with van der Waals surface area (Å²) in [6.45, 7) is 3.36. The van der Waals surface area contributed by atoms with Crippen molar-refractivity contribution in [3.05, 3.63) is 53.7 Å². The molecule has 1 amide bonds. The van der Waals surface area contributed by atoms with Gasteiger partial charge in [0.05, 0.1) is 12.2 Å². The standard InChI is InChI=1S/C20H27N3O2/c1-2-3-4-5-6-13-25-17-10-7-9-16(14-17)15-23-20(24)18-11-8-12-22-19(18)21/h7-12,14H,2-6,13,15H2,1H3,(H2,21,22)(H,23,24). The lowest BCUT2D eigenvalue weighted by atomic mass is 10.1. The first-order chi connectivity index (χ1) is 12.2. The van der Waals surface area contributed by atoms with Gasteiger partial charge in [0.1, 0.15) is 11.6 Å². The predicted molar refractivity (Wildman–Crippen MR) is 101 cm³/mol. The third kappa shape index (κ3) is 6.45. The van der Waals surface area contributed by atoms with Crippen molar-refractivity contribution in [2.75, 3.05) is 12.3 Å². The molecule has 3 N–H and O–H groups in total. The Bertz CT molecular complexity index is 673. The molecule has 0 aliphatic rings. The molecule has 134 valence electrons. The van der Waals surface area contributed by atoms with Gasteiger partial charge in [-0.05, 0) is 36.2 Å². The fourth-order valence-corrected chi connectivity index (χ4v) is 2.53. The number of unbranched alkanes of at least 4 members (excludes halogenated alkanes) is 4. The third-order valence-corrected chi connectivity index (χ3v) is 3.95. The summed E-state index contributed by atoms with van der Waals surface area (Å²) < 4.78 is 5.79. The van der Waals surface area contributed by atoms with Gasteiger partial charge < -0.3 is 15.8 Å². The maximum atomic E-state index is 12.2. The van der Waals surface area contributed by atoms with Crippen LogP contribution < -0.4 is 15.8 Å². The lowest BCUT2D eigenvalue weighted by molar-refractivity contribution is 0.0951. The van der Waals surface area contributed by atoms with E-state index in [1.165, 1.54) is 25.7 Å². The zero-order valence-corrected chi connectivity index (χ0v) is 14.8. The molecule has 1 aromatic heterocycles. The number of carbonyl (C=O) groups is 1. The van der Waals surface area contributed by atoms with Crippen LogP contribution in [0.1, 0.15) is 54.9 Å². The van der Waals surface area contributed by atoms with Crippen LogP contribution in [0, 0.1) is 0 Å². The van der Waals surface area contributed by atoms with Gasteiger partial charge in [0.25, 0.3) is 5.91 Å². The molecule has 1 heterocycles. The van der Waals surface area contributed by atoms with Crippen molar-refractivity contribution < 1.29 is 9.53 Å². The SMILES string of the molecule is CCCCCCCOc1cccc(CNC(=O)c2cccnc2N)c1. The summed E-state index contributed by atoms with van der Waals surface area (Å²) in [6, 6.07) is 11.2. The Morgan fingerprint density at radius 2 is 2.00 bits per heavy atom. The number of benzene rings is 1. The molecule has 0 radical (unpaired) electrons. The minimum atomic E-state index is -0.229. The molecule has 1 aromatic carbocycles. The van der Waals surface area contributed by atoms with Crippen molar-refractivity contribution in [3.8, 4) is 5.75 Å². The highest BCUT2D eigenvalue weighted by atomic mass is 16.5. The van der Waals surface area contributed by atoms with E-state index >= 15 is 0 Å². The van der Waals surface area contributed by atoms with Gasteiger partial charge in [-0.1, -0.05) is 44.7 Å². The van der Waals surface area contributed by atoms with Gasteiger partial charge in [0.15, 0.2) is 0 Å². The van der Waals surface area contributed by atoms with E-state index < -0.39 is 0 Å². The smallest absolute Gasteiger partial charge is 0.255 e. The number of aromatic nitrogens is 1. The van der Waals surface area contributed by atoms with Crippen LogP contribution in [-0.2, 0) is 6.54 Å². The van der Waals surface area contributed by atoms with E-state index in [9.17, 15) is 4.79 Å². The lowest BCUT2D eigenvalue weighted by Crippen LogP contribution is -2.24. The molecule has 25 heavy (non-hydrogen) atoms. The lowest BCUT2D eigenvalue weighted by Gasteiger charge is -2.10. The zero-order valence-electron chi connectivity index (χ0n) is 14.8. The molecule has 0 saturated carbocycles. The molecule has 5 heteroatoms. The molecular formula is C20H27N3O2. The van der Waals surface area contributed by atoms with Crippen molar-refractivity contribution in [3.63, 3.8) is 0 Å². The molecule has 0 atom stereocenters. The maximum absolute atomic E-state index is 12.2. The molecule has 0 spiro atoms.